The number of anilines is 1. The van der Waals surface area contributed by atoms with Crippen molar-refractivity contribution in [2.45, 2.75) is 26.8 Å². The van der Waals surface area contributed by atoms with Crippen LogP contribution in [-0.2, 0) is 0 Å². The third kappa shape index (κ3) is 3.04. The van der Waals surface area contributed by atoms with E-state index < -0.39 is 6.04 Å². The zero-order valence-corrected chi connectivity index (χ0v) is 18.2. The highest BCUT2D eigenvalue weighted by atomic mass is 32.1. The van der Waals surface area contributed by atoms with Crippen LogP contribution in [0.25, 0.3) is 11.0 Å². The Labute approximate surface area is 182 Å². The molecule has 7 heteroatoms. The summed E-state index contributed by atoms with van der Waals surface area (Å²) in [5, 5.41) is 1.01. The first-order valence-corrected chi connectivity index (χ1v) is 10.9. The number of carbonyl (C=O) groups excluding carboxylic acids is 1. The molecule has 5 rings (SSSR count). The van der Waals surface area contributed by atoms with Crippen molar-refractivity contribution in [3.05, 3.63) is 86.2 Å². The van der Waals surface area contributed by atoms with Crippen molar-refractivity contribution < 1.29 is 13.9 Å². The summed E-state index contributed by atoms with van der Waals surface area (Å²) in [5.74, 6) is 0.451. The number of aryl methyl sites for hydroxylation is 2. The molecule has 0 radical (unpaired) electrons. The van der Waals surface area contributed by atoms with E-state index in [0.29, 0.717) is 28.3 Å². The SMILES string of the molecule is CCOc1ccc([C@@H]2c3c(oc4ccccc4c3=O)C(=O)N2c2nc(C)c(C)s2)cc1. The van der Waals surface area contributed by atoms with E-state index in [1.54, 1.807) is 29.2 Å². The number of fused-ring (bicyclic) bond motifs is 2. The average molecular weight is 433 g/mol. The Morgan fingerprint density at radius 3 is 2.52 bits per heavy atom. The first kappa shape index (κ1) is 19.5. The lowest BCUT2D eigenvalue weighted by Gasteiger charge is -2.22. The minimum absolute atomic E-state index is 0.0769. The second-order valence-electron chi connectivity index (χ2n) is 7.39. The molecule has 4 aromatic rings. The van der Waals surface area contributed by atoms with E-state index >= 15 is 0 Å². The van der Waals surface area contributed by atoms with Crippen molar-refractivity contribution in [2.24, 2.45) is 0 Å². The van der Waals surface area contributed by atoms with Gasteiger partial charge in [0, 0.05) is 4.88 Å². The summed E-state index contributed by atoms with van der Waals surface area (Å²) in [6.45, 7) is 6.36. The molecule has 0 bridgehead atoms. The standard InChI is InChI=1S/C24H20N2O4S/c1-4-29-16-11-9-15(10-12-16)20-19-21(27)17-7-5-6-8-18(17)30-22(19)23(28)26(20)24-25-13(2)14(3)31-24/h5-12,20H,4H2,1-3H3/t20-/m1/s1. The van der Waals surface area contributed by atoms with Gasteiger partial charge in [0.1, 0.15) is 11.3 Å². The van der Waals surface area contributed by atoms with Crippen LogP contribution in [0.3, 0.4) is 0 Å². The van der Waals surface area contributed by atoms with Gasteiger partial charge in [-0.2, -0.15) is 0 Å². The van der Waals surface area contributed by atoms with Gasteiger partial charge in [-0.15, -0.1) is 11.3 Å². The van der Waals surface area contributed by atoms with Crippen molar-refractivity contribution in [1.29, 1.82) is 0 Å². The molecule has 0 saturated heterocycles. The van der Waals surface area contributed by atoms with Crippen LogP contribution in [-0.4, -0.2) is 17.5 Å². The molecule has 1 aliphatic rings. The molecule has 2 aromatic heterocycles. The topological polar surface area (TPSA) is 72.6 Å². The molecule has 0 N–H and O–H groups in total. The molecule has 3 heterocycles. The molecule has 6 nitrogen and oxygen atoms in total. The fourth-order valence-electron chi connectivity index (χ4n) is 3.90. The van der Waals surface area contributed by atoms with Crippen molar-refractivity contribution in [1.82, 2.24) is 4.98 Å². The smallest absolute Gasteiger partial charge is 0.297 e. The number of hydrogen-bond acceptors (Lipinski definition) is 6. The number of hydrogen-bond donors (Lipinski definition) is 0. The zero-order valence-electron chi connectivity index (χ0n) is 17.3. The first-order valence-electron chi connectivity index (χ1n) is 10.1. The molecule has 0 fully saturated rings. The van der Waals surface area contributed by atoms with Crippen LogP contribution in [0.2, 0.25) is 0 Å². The first-order chi connectivity index (χ1) is 15.0. The summed E-state index contributed by atoms with van der Waals surface area (Å²) < 4.78 is 11.5. The lowest BCUT2D eigenvalue weighted by Crippen LogP contribution is -2.29. The normalized spacial score (nSPS) is 15.5. The van der Waals surface area contributed by atoms with Crippen molar-refractivity contribution >= 4 is 33.3 Å². The Kier molecular flexibility index (Phi) is 4.63. The predicted molar refractivity (Wildman–Crippen MR) is 120 cm³/mol. The summed E-state index contributed by atoms with van der Waals surface area (Å²) in [4.78, 5) is 34.2. The minimum atomic E-state index is -0.621. The lowest BCUT2D eigenvalue weighted by molar-refractivity contribution is 0.0971. The van der Waals surface area contributed by atoms with Crippen LogP contribution in [0.1, 0.15) is 45.2 Å². The van der Waals surface area contributed by atoms with Gasteiger partial charge in [0.05, 0.1) is 29.3 Å². The highest BCUT2D eigenvalue weighted by Gasteiger charge is 2.45. The van der Waals surface area contributed by atoms with Crippen molar-refractivity contribution in [2.75, 3.05) is 11.5 Å². The maximum absolute atomic E-state index is 13.5. The Morgan fingerprint density at radius 1 is 1.10 bits per heavy atom. The molecule has 1 aliphatic heterocycles. The Balaban J connectivity index is 1.76. The fraction of sp³-hybridized carbons (Fsp3) is 0.208. The molecule has 2 aromatic carbocycles. The largest absolute Gasteiger partial charge is 0.494 e. The van der Waals surface area contributed by atoms with Crippen LogP contribution in [0.5, 0.6) is 5.75 Å². The monoisotopic (exact) mass is 432 g/mol. The summed E-state index contributed by atoms with van der Waals surface area (Å²) in [5.41, 5.74) is 2.20. The number of aromatic nitrogens is 1. The molecule has 0 unspecified atom stereocenters. The van der Waals surface area contributed by atoms with Gasteiger partial charge < -0.3 is 9.15 Å². The molecule has 1 atom stereocenters. The molecule has 1 amide bonds. The second kappa shape index (κ2) is 7.35. The summed E-state index contributed by atoms with van der Waals surface area (Å²) in [6, 6.07) is 13.8. The number of rotatable bonds is 4. The van der Waals surface area contributed by atoms with E-state index in [4.69, 9.17) is 9.15 Å². The summed E-state index contributed by atoms with van der Waals surface area (Å²) in [7, 11) is 0. The van der Waals surface area contributed by atoms with E-state index in [9.17, 15) is 9.59 Å². The third-order valence-corrected chi connectivity index (χ3v) is 6.58. The number of benzene rings is 2. The maximum atomic E-state index is 13.5. The molecule has 31 heavy (non-hydrogen) atoms. The zero-order chi connectivity index (χ0) is 21.7. The Bertz CT molecular complexity index is 1350. The molecule has 0 aliphatic carbocycles. The van der Waals surface area contributed by atoms with Crippen molar-refractivity contribution in [3.63, 3.8) is 0 Å². The van der Waals surface area contributed by atoms with E-state index in [0.717, 1.165) is 21.9 Å². The number of nitrogens with zero attached hydrogens (tertiary/aromatic N) is 2. The molecular weight excluding hydrogens is 412 g/mol. The van der Waals surface area contributed by atoms with Crippen LogP contribution >= 0.6 is 11.3 Å². The second-order valence-corrected chi connectivity index (χ2v) is 8.57. The van der Waals surface area contributed by atoms with Gasteiger partial charge in [-0.1, -0.05) is 24.3 Å². The predicted octanol–water partition coefficient (Wildman–Crippen LogP) is 5.01. The Morgan fingerprint density at radius 2 is 1.84 bits per heavy atom. The third-order valence-electron chi connectivity index (χ3n) is 5.51. The van der Waals surface area contributed by atoms with E-state index in [-0.39, 0.29) is 17.1 Å². The highest BCUT2D eigenvalue weighted by molar-refractivity contribution is 7.15. The van der Waals surface area contributed by atoms with Gasteiger partial charge in [-0.05, 0) is 50.6 Å². The van der Waals surface area contributed by atoms with E-state index in [1.807, 2.05) is 45.0 Å². The van der Waals surface area contributed by atoms with E-state index in [2.05, 4.69) is 4.98 Å². The van der Waals surface area contributed by atoms with Crippen LogP contribution in [0, 0.1) is 13.8 Å². The van der Waals surface area contributed by atoms with Crippen LogP contribution in [0.15, 0.2) is 57.7 Å². The Hall–Kier alpha value is -3.45. The van der Waals surface area contributed by atoms with Gasteiger partial charge in [-0.3, -0.25) is 14.5 Å². The molecule has 0 saturated carbocycles. The van der Waals surface area contributed by atoms with E-state index in [1.165, 1.54) is 11.3 Å². The number of amides is 1. The van der Waals surface area contributed by atoms with Gasteiger partial charge in [0.25, 0.3) is 5.91 Å². The number of thiazole rings is 1. The summed E-state index contributed by atoms with van der Waals surface area (Å²) >= 11 is 1.43. The minimum Gasteiger partial charge on any atom is -0.494 e. The fourth-order valence-corrected chi connectivity index (χ4v) is 4.84. The highest BCUT2D eigenvalue weighted by Crippen LogP contribution is 2.43. The quantitative estimate of drug-likeness (QED) is 0.453. The van der Waals surface area contributed by atoms with Gasteiger partial charge >= 0.3 is 0 Å². The maximum Gasteiger partial charge on any atom is 0.297 e. The summed E-state index contributed by atoms with van der Waals surface area (Å²) in [6.07, 6.45) is 0. The molecular formula is C24H20N2O4S. The van der Waals surface area contributed by atoms with Crippen molar-refractivity contribution in [3.8, 4) is 5.75 Å². The van der Waals surface area contributed by atoms with Gasteiger partial charge in [0.15, 0.2) is 10.6 Å². The van der Waals surface area contributed by atoms with Gasteiger partial charge in [0.2, 0.25) is 5.76 Å². The number of carbonyl (C=O) groups is 1. The van der Waals surface area contributed by atoms with Crippen LogP contribution in [0.4, 0.5) is 5.13 Å². The average Bonchev–Trinajstić information content (AvgIpc) is 3.25. The number of para-hydroxylation sites is 1. The number of ether oxygens (including phenoxy) is 1. The van der Waals surface area contributed by atoms with Gasteiger partial charge in [-0.25, -0.2) is 4.98 Å². The lowest BCUT2D eigenvalue weighted by atomic mass is 9.98. The molecule has 156 valence electrons. The van der Waals surface area contributed by atoms with Crippen LogP contribution < -0.4 is 15.1 Å². The molecule has 0 spiro atoms.